The summed E-state index contributed by atoms with van der Waals surface area (Å²) in [6.07, 6.45) is 8.28. The molecule has 132 valence electrons. The zero-order valence-electron chi connectivity index (χ0n) is 13.8. The number of amides is 1. The van der Waals surface area contributed by atoms with Crippen LogP contribution in [0.1, 0.15) is 12.8 Å². The second-order valence-corrected chi connectivity index (χ2v) is 7.13. The molecule has 0 aliphatic heterocycles. The average Bonchev–Trinajstić information content (AvgIpc) is 3.24. The van der Waals surface area contributed by atoms with Gasteiger partial charge in [0, 0.05) is 40.9 Å². The number of imidazole rings is 1. The zero-order chi connectivity index (χ0) is 18.1. The van der Waals surface area contributed by atoms with Crippen molar-refractivity contribution in [1.29, 1.82) is 0 Å². The zero-order valence-corrected chi connectivity index (χ0v) is 14.6. The molecular formula is C19H16N3O3S-. The number of aromatic nitrogens is 2. The molecule has 0 unspecified atom stereocenters. The van der Waals surface area contributed by atoms with Crippen LogP contribution in [0.2, 0.25) is 0 Å². The van der Waals surface area contributed by atoms with Crippen molar-refractivity contribution in [3.05, 3.63) is 54.2 Å². The number of nitrogens with one attached hydrogen (secondary N) is 1. The summed E-state index contributed by atoms with van der Waals surface area (Å²) in [6.45, 7) is 0. The monoisotopic (exact) mass is 366 g/mol. The summed E-state index contributed by atoms with van der Waals surface area (Å²) in [5.41, 5.74) is 2.45. The molecule has 3 aromatic rings. The maximum atomic E-state index is 12.5. The number of benzene rings is 1. The van der Waals surface area contributed by atoms with Gasteiger partial charge in [-0.1, -0.05) is 24.3 Å². The Morgan fingerprint density at radius 1 is 1.15 bits per heavy atom. The van der Waals surface area contributed by atoms with Crippen LogP contribution in [0.15, 0.2) is 54.2 Å². The lowest BCUT2D eigenvalue weighted by atomic mass is 9.82. The number of hydrogen-bond acceptors (Lipinski definition) is 5. The van der Waals surface area contributed by atoms with Crippen LogP contribution in [0.4, 0.5) is 5.69 Å². The Morgan fingerprint density at radius 3 is 2.58 bits per heavy atom. The number of carboxylic acids is 1. The van der Waals surface area contributed by atoms with E-state index in [0.717, 1.165) is 16.2 Å². The van der Waals surface area contributed by atoms with Crippen LogP contribution in [-0.4, -0.2) is 21.3 Å². The second kappa shape index (κ2) is 6.76. The molecule has 0 spiro atoms. The highest BCUT2D eigenvalue weighted by Crippen LogP contribution is 2.27. The van der Waals surface area contributed by atoms with Gasteiger partial charge in [-0.2, -0.15) is 0 Å². The highest BCUT2D eigenvalue weighted by Gasteiger charge is 2.29. The molecule has 1 aliphatic rings. The largest absolute Gasteiger partial charge is 0.550 e. The minimum absolute atomic E-state index is 0.293. The van der Waals surface area contributed by atoms with Gasteiger partial charge >= 0.3 is 0 Å². The Kier molecular flexibility index (Phi) is 4.30. The fraction of sp³-hybridized carbons (Fsp3) is 0.211. The molecule has 2 aromatic heterocycles. The normalized spacial score (nSPS) is 19.5. The van der Waals surface area contributed by atoms with E-state index in [0.29, 0.717) is 18.5 Å². The predicted molar refractivity (Wildman–Crippen MR) is 97.5 cm³/mol. The van der Waals surface area contributed by atoms with Gasteiger partial charge < -0.3 is 15.2 Å². The first-order chi connectivity index (χ1) is 12.6. The molecule has 4 rings (SSSR count). The van der Waals surface area contributed by atoms with Crippen molar-refractivity contribution in [1.82, 2.24) is 9.38 Å². The Balaban J connectivity index is 1.48. The van der Waals surface area contributed by atoms with Gasteiger partial charge in [0.1, 0.15) is 0 Å². The third-order valence-electron chi connectivity index (χ3n) is 4.61. The summed E-state index contributed by atoms with van der Waals surface area (Å²) in [4.78, 5) is 29.2. The van der Waals surface area contributed by atoms with Crippen LogP contribution in [0.3, 0.4) is 0 Å². The number of hydrogen-bond donors (Lipinski definition) is 1. The number of rotatable bonds is 4. The molecule has 0 fully saturated rings. The number of allylic oxidation sites excluding steroid dienone is 2. The first kappa shape index (κ1) is 16.5. The van der Waals surface area contributed by atoms with Gasteiger partial charge in [0.05, 0.1) is 11.6 Å². The number of nitrogens with zero attached hydrogens (tertiary/aromatic N) is 2. The van der Waals surface area contributed by atoms with E-state index in [4.69, 9.17) is 0 Å². The predicted octanol–water partition coefficient (Wildman–Crippen LogP) is 2.33. The number of carbonyl (C=O) groups is 2. The van der Waals surface area contributed by atoms with Crippen LogP contribution in [0.25, 0.3) is 16.2 Å². The van der Waals surface area contributed by atoms with Gasteiger partial charge in [0.2, 0.25) is 5.91 Å². The molecular weight excluding hydrogens is 350 g/mol. The molecule has 1 aromatic carbocycles. The minimum atomic E-state index is -1.18. The molecule has 26 heavy (non-hydrogen) atoms. The van der Waals surface area contributed by atoms with E-state index >= 15 is 0 Å². The fourth-order valence-electron chi connectivity index (χ4n) is 3.19. The van der Waals surface area contributed by atoms with Crippen molar-refractivity contribution in [2.45, 2.75) is 12.8 Å². The van der Waals surface area contributed by atoms with Gasteiger partial charge in [0.25, 0.3) is 0 Å². The first-order valence-corrected chi connectivity index (χ1v) is 9.19. The van der Waals surface area contributed by atoms with Gasteiger partial charge in [-0.15, -0.1) is 11.3 Å². The molecule has 0 saturated carbocycles. The standard InChI is InChI=1S/C19H17N3O3S/c23-17(14-3-1-2-4-15(14)18(24)25)20-13-7-5-12(6-8-13)16-11-22-9-10-26-19(22)21-16/h1-2,5-11,14-15H,3-4H2,(H,20,23)(H,24,25)/p-1/t14-,15+/m0/s1. The number of fused-ring (bicyclic) bond motifs is 1. The number of aliphatic carboxylic acids is 1. The van der Waals surface area contributed by atoms with Crippen molar-refractivity contribution in [3.8, 4) is 11.3 Å². The molecule has 0 radical (unpaired) electrons. The third-order valence-corrected chi connectivity index (χ3v) is 5.38. The number of thiazole rings is 1. The molecule has 2 heterocycles. The van der Waals surface area contributed by atoms with Crippen LogP contribution in [0, 0.1) is 11.8 Å². The summed E-state index contributed by atoms with van der Waals surface area (Å²) in [5.74, 6) is -2.86. The number of carbonyl (C=O) groups excluding carboxylic acids is 2. The van der Waals surface area contributed by atoms with E-state index in [1.807, 2.05) is 40.4 Å². The van der Waals surface area contributed by atoms with Crippen LogP contribution >= 0.6 is 11.3 Å². The van der Waals surface area contributed by atoms with E-state index in [1.165, 1.54) is 0 Å². The lowest BCUT2D eigenvalue weighted by Gasteiger charge is -2.28. The van der Waals surface area contributed by atoms with Gasteiger partial charge in [0.15, 0.2) is 4.96 Å². The van der Waals surface area contributed by atoms with Gasteiger partial charge in [-0.25, -0.2) is 4.98 Å². The quantitative estimate of drug-likeness (QED) is 0.718. The summed E-state index contributed by atoms with van der Waals surface area (Å²) >= 11 is 1.57. The van der Waals surface area contributed by atoms with Crippen LogP contribution < -0.4 is 10.4 Å². The number of anilines is 1. The molecule has 1 amide bonds. The first-order valence-electron chi connectivity index (χ1n) is 8.31. The fourth-order valence-corrected chi connectivity index (χ4v) is 3.89. The topological polar surface area (TPSA) is 86.5 Å². The average molecular weight is 366 g/mol. The Bertz CT molecular complexity index is 959. The minimum Gasteiger partial charge on any atom is -0.550 e. The lowest BCUT2D eigenvalue weighted by Crippen LogP contribution is -2.41. The van der Waals surface area contributed by atoms with E-state index in [-0.39, 0.29) is 5.91 Å². The van der Waals surface area contributed by atoms with E-state index < -0.39 is 17.8 Å². The summed E-state index contributed by atoms with van der Waals surface area (Å²) in [6, 6.07) is 7.37. The maximum absolute atomic E-state index is 12.5. The lowest BCUT2D eigenvalue weighted by molar-refractivity contribution is -0.313. The molecule has 7 heteroatoms. The van der Waals surface area contributed by atoms with E-state index in [1.54, 1.807) is 29.5 Å². The highest BCUT2D eigenvalue weighted by atomic mass is 32.1. The molecule has 1 aliphatic carbocycles. The Labute approximate surface area is 153 Å². The summed E-state index contributed by atoms with van der Waals surface area (Å²) in [5, 5.41) is 16.0. The highest BCUT2D eigenvalue weighted by molar-refractivity contribution is 7.15. The smallest absolute Gasteiger partial charge is 0.228 e. The summed E-state index contributed by atoms with van der Waals surface area (Å²) in [7, 11) is 0. The van der Waals surface area contributed by atoms with Crippen molar-refractivity contribution in [2.75, 3.05) is 5.32 Å². The number of carboxylic acid groups (broad SMARTS) is 1. The van der Waals surface area contributed by atoms with Gasteiger partial charge in [-0.05, 0) is 25.0 Å². The SMILES string of the molecule is O=C(Nc1ccc(-c2cn3ccsc3n2)cc1)[C@H]1CC=CC[C@H]1C(=O)[O-]. The summed E-state index contributed by atoms with van der Waals surface area (Å²) < 4.78 is 1.96. The molecule has 0 saturated heterocycles. The van der Waals surface area contributed by atoms with Crippen molar-refractivity contribution in [3.63, 3.8) is 0 Å². The van der Waals surface area contributed by atoms with Crippen LogP contribution in [0.5, 0.6) is 0 Å². The Morgan fingerprint density at radius 2 is 1.88 bits per heavy atom. The van der Waals surface area contributed by atoms with E-state index in [9.17, 15) is 14.7 Å². The molecule has 0 bridgehead atoms. The Hall–Kier alpha value is -2.93. The van der Waals surface area contributed by atoms with Crippen LogP contribution in [-0.2, 0) is 9.59 Å². The third kappa shape index (κ3) is 3.13. The van der Waals surface area contributed by atoms with Crippen molar-refractivity contribution < 1.29 is 14.7 Å². The van der Waals surface area contributed by atoms with Crippen molar-refractivity contribution in [2.24, 2.45) is 11.8 Å². The van der Waals surface area contributed by atoms with Crippen molar-refractivity contribution >= 4 is 33.9 Å². The molecule has 6 nitrogen and oxygen atoms in total. The second-order valence-electron chi connectivity index (χ2n) is 6.26. The van der Waals surface area contributed by atoms with Gasteiger partial charge in [-0.3, -0.25) is 9.20 Å². The maximum Gasteiger partial charge on any atom is 0.228 e. The van der Waals surface area contributed by atoms with E-state index in [2.05, 4.69) is 10.3 Å². The molecule has 2 atom stereocenters. The molecule has 1 N–H and O–H groups in total.